The van der Waals surface area contributed by atoms with Crippen LogP contribution >= 0.6 is 11.3 Å². The van der Waals surface area contributed by atoms with Gasteiger partial charge in [-0.05, 0) is 57.9 Å². The van der Waals surface area contributed by atoms with E-state index < -0.39 is 0 Å². The topological polar surface area (TPSA) is 34.2 Å². The number of ether oxygens (including phenoxy) is 1. The average molecular weight is 308 g/mol. The number of aryl methyl sites for hydroxylation is 1. The summed E-state index contributed by atoms with van der Waals surface area (Å²) in [6.07, 6.45) is 8.64. The van der Waals surface area contributed by atoms with Gasteiger partial charge >= 0.3 is 0 Å². The Morgan fingerprint density at radius 3 is 3.00 bits per heavy atom. The van der Waals surface area contributed by atoms with Crippen LogP contribution in [0.5, 0.6) is 0 Å². The maximum Gasteiger partial charge on any atom is 0.0943 e. The third-order valence-electron chi connectivity index (χ3n) is 5.08. The van der Waals surface area contributed by atoms with Crippen molar-refractivity contribution in [3.63, 3.8) is 0 Å². The maximum absolute atomic E-state index is 6.10. The van der Waals surface area contributed by atoms with E-state index in [4.69, 9.17) is 4.74 Å². The fourth-order valence-corrected chi connectivity index (χ4v) is 4.58. The molecule has 1 aromatic rings. The van der Waals surface area contributed by atoms with E-state index in [-0.39, 0.29) is 5.60 Å². The monoisotopic (exact) mass is 308 g/mol. The van der Waals surface area contributed by atoms with Gasteiger partial charge in [0.15, 0.2) is 0 Å². The molecule has 2 aliphatic rings. The van der Waals surface area contributed by atoms with Crippen LogP contribution in [0.15, 0.2) is 5.38 Å². The van der Waals surface area contributed by atoms with E-state index in [9.17, 15) is 0 Å². The number of nitrogens with one attached hydrogen (secondary N) is 1. The van der Waals surface area contributed by atoms with E-state index >= 15 is 0 Å². The lowest BCUT2D eigenvalue weighted by atomic mass is 9.70. The quantitative estimate of drug-likeness (QED) is 0.870. The van der Waals surface area contributed by atoms with Gasteiger partial charge in [-0.1, -0.05) is 6.92 Å². The molecule has 1 saturated heterocycles. The van der Waals surface area contributed by atoms with Gasteiger partial charge < -0.3 is 10.1 Å². The Labute approximate surface area is 132 Å². The van der Waals surface area contributed by atoms with Crippen LogP contribution in [-0.2, 0) is 11.2 Å². The highest BCUT2D eigenvalue weighted by Crippen LogP contribution is 2.45. The Bertz CT molecular complexity index is 455. The van der Waals surface area contributed by atoms with Crippen LogP contribution in [0.4, 0.5) is 0 Å². The zero-order chi connectivity index (χ0) is 14.7. The summed E-state index contributed by atoms with van der Waals surface area (Å²) in [5.41, 5.74) is 1.40. The molecular weight excluding hydrogens is 280 g/mol. The molecule has 2 fully saturated rings. The molecule has 3 nitrogen and oxygen atoms in total. The number of aromatic nitrogens is 1. The van der Waals surface area contributed by atoms with Crippen molar-refractivity contribution in [2.45, 2.75) is 70.4 Å². The molecule has 21 heavy (non-hydrogen) atoms. The first-order chi connectivity index (χ1) is 10.2. The van der Waals surface area contributed by atoms with E-state index in [0.717, 1.165) is 31.2 Å². The van der Waals surface area contributed by atoms with Crippen molar-refractivity contribution in [3.8, 4) is 0 Å². The number of hydrogen-bond acceptors (Lipinski definition) is 4. The van der Waals surface area contributed by atoms with Crippen molar-refractivity contribution in [2.24, 2.45) is 5.92 Å². The minimum atomic E-state index is 0.244. The van der Waals surface area contributed by atoms with Gasteiger partial charge in [0.05, 0.1) is 10.6 Å². The predicted octanol–water partition coefficient (Wildman–Crippen LogP) is 3.71. The molecule has 0 aromatic carbocycles. The molecule has 0 amide bonds. The molecule has 2 heterocycles. The average Bonchev–Trinajstić information content (AvgIpc) is 2.87. The number of thiazole rings is 1. The summed E-state index contributed by atoms with van der Waals surface area (Å²) in [5.74, 6) is 0.745. The van der Waals surface area contributed by atoms with Crippen LogP contribution in [0.2, 0.25) is 0 Å². The summed E-state index contributed by atoms with van der Waals surface area (Å²) in [6, 6.07) is 0.567. The Hall–Kier alpha value is -0.450. The Morgan fingerprint density at radius 2 is 2.38 bits per heavy atom. The summed E-state index contributed by atoms with van der Waals surface area (Å²) in [7, 11) is 0. The van der Waals surface area contributed by atoms with Crippen LogP contribution in [0, 0.1) is 12.8 Å². The predicted molar refractivity (Wildman–Crippen MR) is 87.9 cm³/mol. The van der Waals surface area contributed by atoms with Gasteiger partial charge in [0.2, 0.25) is 0 Å². The summed E-state index contributed by atoms with van der Waals surface area (Å²) in [4.78, 5) is 4.67. The van der Waals surface area contributed by atoms with Crippen LogP contribution < -0.4 is 5.32 Å². The van der Waals surface area contributed by atoms with E-state index in [1.165, 1.54) is 43.5 Å². The second kappa shape index (κ2) is 6.76. The van der Waals surface area contributed by atoms with Gasteiger partial charge in [-0.25, -0.2) is 4.98 Å². The number of rotatable bonds is 6. The molecule has 0 bridgehead atoms. The first kappa shape index (κ1) is 15.4. The molecule has 4 heteroatoms. The number of hydrogen-bond donors (Lipinski definition) is 1. The minimum absolute atomic E-state index is 0.244. The van der Waals surface area contributed by atoms with Crippen LogP contribution in [-0.4, -0.2) is 29.8 Å². The normalized spacial score (nSPS) is 25.7. The molecule has 1 aliphatic heterocycles. The van der Waals surface area contributed by atoms with Gasteiger partial charge in [0.25, 0.3) is 0 Å². The van der Waals surface area contributed by atoms with Gasteiger partial charge in [-0.2, -0.15) is 0 Å². The molecule has 3 rings (SSSR count). The van der Waals surface area contributed by atoms with E-state index in [1.54, 1.807) is 0 Å². The van der Waals surface area contributed by atoms with Crippen molar-refractivity contribution < 1.29 is 4.74 Å². The van der Waals surface area contributed by atoms with Gasteiger partial charge in [-0.3, -0.25) is 0 Å². The molecule has 1 aliphatic carbocycles. The van der Waals surface area contributed by atoms with Crippen molar-refractivity contribution in [2.75, 3.05) is 13.2 Å². The highest BCUT2D eigenvalue weighted by molar-refractivity contribution is 7.09. The highest BCUT2D eigenvalue weighted by Gasteiger charge is 2.44. The van der Waals surface area contributed by atoms with Crippen LogP contribution in [0.25, 0.3) is 0 Å². The first-order valence-corrected chi connectivity index (χ1v) is 9.37. The smallest absolute Gasteiger partial charge is 0.0943 e. The van der Waals surface area contributed by atoms with E-state index in [2.05, 4.69) is 29.5 Å². The zero-order valence-electron chi connectivity index (χ0n) is 13.4. The molecule has 1 spiro atoms. The maximum atomic E-state index is 6.10. The molecule has 2 atom stereocenters. The zero-order valence-corrected chi connectivity index (χ0v) is 14.2. The summed E-state index contributed by atoms with van der Waals surface area (Å²) >= 11 is 1.81. The Morgan fingerprint density at radius 1 is 1.52 bits per heavy atom. The molecule has 0 radical (unpaired) electrons. The van der Waals surface area contributed by atoms with Crippen LogP contribution in [0.1, 0.15) is 56.2 Å². The fourth-order valence-electron chi connectivity index (χ4n) is 3.75. The minimum Gasteiger partial charge on any atom is -0.375 e. The van der Waals surface area contributed by atoms with Gasteiger partial charge in [-0.15, -0.1) is 11.3 Å². The molecular formula is C17H28N2OS. The van der Waals surface area contributed by atoms with E-state index in [0.29, 0.717) is 6.04 Å². The SMILES string of the molecule is CCCNC(Cc1nc(C)cs1)C1CCOC2(CCC2)C1. The fraction of sp³-hybridized carbons (Fsp3) is 0.824. The largest absolute Gasteiger partial charge is 0.375 e. The van der Waals surface area contributed by atoms with E-state index in [1.807, 2.05) is 11.3 Å². The van der Waals surface area contributed by atoms with Crippen molar-refractivity contribution >= 4 is 11.3 Å². The second-order valence-electron chi connectivity index (χ2n) is 6.79. The first-order valence-electron chi connectivity index (χ1n) is 8.49. The molecule has 118 valence electrons. The lowest BCUT2D eigenvalue weighted by Gasteiger charge is -2.49. The molecule has 1 aromatic heterocycles. The Balaban J connectivity index is 1.65. The summed E-state index contributed by atoms with van der Waals surface area (Å²) in [5, 5.41) is 7.25. The van der Waals surface area contributed by atoms with Gasteiger partial charge in [0, 0.05) is 30.1 Å². The van der Waals surface area contributed by atoms with Crippen molar-refractivity contribution in [1.29, 1.82) is 0 Å². The third kappa shape index (κ3) is 3.66. The van der Waals surface area contributed by atoms with Crippen molar-refractivity contribution in [3.05, 3.63) is 16.1 Å². The van der Waals surface area contributed by atoms with Crippen molar-refractivity contribution in [1.82, 2.24) is 10.3 Å². The lowest BCUT2D eigenvalue weighted by molar-refractivity contribution is -0.147. The summed E-state index contributed by atoms with van der Waals surface area (Å²) in [6.45, 7) is 6.40. The Kier molecular flexibility index (Phi) is 4.97. The summed E-state index contributed by atoms with van der Waals surface area (Å²) < 4.78 is 6.10. The molecule has 1 saturated carbocycles. The lowest BCUT2D eigenvalue weighted by Crippen LogP contribution is -2.51. The standard InChI is InChI=1S/C17H28N2OS/c1-3-8-18-15(10-16-19-13(2)12-21-16)14-5-9-20-17(11-14)6-4-7-17/h12,14-15,18H,3-11H2,1-2H3. The number of nitrogens with zero attached hydrogens (tertiary/aromatic N) is 1. The molecule has 2 unspecified atom stereocenters. The van der Waals surface area contributed by atoms with Gasteiger partial charge in [0.1, 0.15) is 0 Å². The highest BCUT2D eigenvalue weighted by atomic mass is 32.1. The molecule has 1 N–H and O–H groups in total. The van der Waals surface area contributed by atoms with Crippen LogP contribution in [0.3, 0.4) is 0 Å². The second-order valence-corrected chi connectivity index (χ2v) is 7.73. The third-order valence-corrected chi connectivity index (χ3v) is 6.07.